The highest BCUT2D eigenvalue weighted by molar-refractivity contribution is 7.70. The average Bonchev–Trinajstić information content (AvgIpc) is 2.29. The van der Waals surface area contributed by atoms with Crippen LogP contribution >= 0.6 is 7.14 Å². The van der Waals surface area contributed by atoms with Crippen LogP contribution in [0.3, 0.4) is 0 Å². The van der Waals surface area contributed by atoms with Crippen LogP contribution in [0, 0.1) is 0 Å². The number of morpholine rings is 1. The quantitative estimate of drug-likeness (QED) is 0.639. The zero-order valence-electron chi connectivity index (χ0n) is 10.3. The van der Waals surface area contributed by atoms with Crippen molar-refractivity contribution < 1.29 is 9.30 Å². The van der Waals surface area contributed by atoms with Crippen LogP contribution in [0.4, 0.5) is 11.4 Å². The molecule has 0 radical (unpaired) electrons. The summed E-state index contributed by atoms with van der Waals surface area (Å²) >= 11 is 0. The SMILES string of the molecule is CP(C)(=O)c1cc(N2CCOCC2)ccc1N. The van der Waals surface area contributed by atoms with E-state index < -0.39 is 7.14 Å². The van der Waals surface area contributed by atoms with Crippen molar-refractivity contribution in [3.63, 3.8) is 0 Å². The third-order valence-corrected chi connectivity index (χ3v) is 4.52. The van der Waals surface area contributed by atoms with Crippen LogP contribution < -0.4 is 15.9 Å². The van der Waals surface area contributed by atoms with Gasteiger partial charge in [0.05, 0.1) is 13.2 Å². The molecule has 0 amide bonds. The molecule has 1 heterocycles. The Bertz CT molecular complexity index is 450. The summed E-state index contributed by atoms with van der Waals surface area (Å²) in [5.41, 5.74) is 7.60. The van der Waals surface area contributed by atoms with Crippen LogP contribution in [0.1, 0.15) is 0 Å². The summed E-state index contributed by atoms with van der Waals surface area (Å²) in [7, 11) is -2.32. The molecule has 4 nitrogen and oxygen atoms in total. The van der Waals surface area contributed by atoms with Gasteiger partial charge < -0.3 is 19.9 Å². The first-order chi connectivity index (χ1) is 7.98. The number of hydrogen-bond donors (Lipinski definition) is 1. The van der Waals surface area contributed by atoms with Gasteiger partial charge in [0.1, 0.15) is 7.14 Å². The van der Waals surface area contributed by atoms with E-state index in [1.165, 1.54) is 0 Å². The van der Waals surface area contributed by atoms with Crippen molar-refractivity contribution >= 4 is 23.8 Å². The fourth-order valence-electron chi connectivity index (χ4n) is 2.02. The zero-order valence-corrected chi connectivity index (χ0v) is 11.2. The molecular weight excluding hydrogens is 235 g/mol. The Morgan fingerprint density at radius 1 is 1.29 bits per heavy atom. The number of nitrogens with zero attached hydrogens (tertiary/aromatic N) is 1. The molecule has 0 spiro atoms. The molecule has 1 aliphatic heterocycles. The minimum atomic E-state index is -2.32. The number of nitrogens with two attached hydrogens (primary N) is 1. The van der Waals surface area contributed by atoms with E-state index in [4.69, 9.17) is 10.5 Å². The standard InChI is InChI=1S/C12H19N2O2P/c1-17(2,15)12-9-10(3-4-11(12)13)14-5-7-16-8-6-14/h3-4,9H,5-8,13H2,1-2H3. The van der Waals surface area contributed by atoms with Gasteiger partial charge in [-0.1, -0.05) is 0 Å². The number of anilines is 2. The summed E-state index contributed by atoms with van der Waals surface area (Å²) in [6, 6.07) is 5.79. The first kappa shape index (κ1) is 12.5. The number of benzene rings is 1. The second kappa shape index (κ2) is 4.71. The molecule has 94 valence electrons. The molecule has 17 heavy (non-hydrogen) atoms. The van der Waals surface area contributed by atoms with Crippen LogP contribution in [-0.4, -0.2) is 39.6 Å². The predicted molar refractivity (Wildman–Crippen MR) is 73.0 cm³/mol. The second-order valence-electron chi connectivity index (χ2n) is 4.69. The minimum absolute atomic E-state index is 0.621. The fraction of sp³-hybridized carbons (Fsp3) is 0.500. The molecule has 0 aromatic heterocycles. The molecule has 1 aromatic rings. The van der Waals surface area contributed by atoms with Gasteiger partial charge in [-0.15, -0.1) is 0 Å². The Morgan fingerprint density at radius 3 is 2.53 bits per heavy atom. The smallest absolute Gasteiger partial charge is 0.111 e. The lowest BCUT2D eigenvalue weighted by atomic mass is 10.2. The molecule has 0 bridgehead atoms. The van der Waals surface area contributed by atoms with Crippen molar-refractivity contribution in [2.24, 2.45) is 0 Å². The highest BCUT2D eigenvalue weighted by Gasteiger charge is 2.18. The molecule has 0 aliphatic carbocycles. The molecule has 2 rings (SSSR count). The first-order valence-electron chi connectivity index (χ1n) is 5.76. The summed E-state index contributed by atoms with van der Waals surface area (Å²) in [5, 5.41) is 0.779. The van der Waals surface area contributed by atoms with Gasteiger partial charge in [0, 0.05) is 29.8 Å². The van der Waals surface area contributed by atoms with Crippen molar-refractivity contribution in [3.05, 3.63) is 18.2 Å². The van der Waals surface area contributed by atoms with Crippen LogP contribution in [0.15, 0.2) is 18.2 Å². The van der Waals surface area contributed by atoms with Crippen molar-refractivity contribution in [3.8, 4) is 0 Å². The summed E-state index contributed by atoms with van der Waals surface area (Å²) < 4.78 is 17.5. The minimum Gasteiger partial charge on any atom is -0.398 e. The van der Waals surface area contributed by atoms with Gasteiger partial charge in [-0.05, 0) is 31.5 Å². The normalized spacial score (nSPS) is 17.2. The van der Waals surface area contributed by atoms with Crippen LogP contribution in [0.2, 0.25) is 0 Å². The number of ether oxygens (including phenoxy) is 1. The van der Waals surface area contributed by atoms with Crippen molar-refractivity contribution in [1.82, 2.24) is 0 Å². The molecule has 1 fully saturated rings. The summed E-state index contributed by atoms with van der Waals surface area (Å²) in [6.07, 6.45) is 0. The summed E-state index contributed by atoms with van der Waals surface area (Å²) in [5.74, 6) is 0. The van der Waals surface area contributed by atoms with E-state index >= 15 is 0 Å². The maximum absolute atomic E-state index is 12.1. The predicted octanol–water partition coefficient (Wildman–Crippen LogP) is 1.35. The van der Waals surface area contributed by atoms with Gasteiger partial charge >= 0.3 is 0 Å². The Balaban J connectivity index is 2.33. The molecule has 5 heteroatoms. The van der Waals surface area contributed by atoms with E-state index in [0.29, 0.717) is 5.69 Å². The third kappa shape index (κ3) is 2.82. The van der Waals surface area contributed by atoms with Gasteiger partial charge in [-0.3, -0.25) is 0 Å². The van der Waals surface area contributed by atoms with E-state index in [0.717, 1.165) is 37.3 Å². The largest absolute Gasteiger partial charge is 0.398 e. The summed E-state index contributed by atoms with van der Waals surface area (Å²) in [4.78, 5) is 2.24. The number of hydrogen-bond acceptors (Lipinski definition) is 4. The third-order valence-electron chi connectivity index (χ3n) is 2.97. The maximum Gasteiger partial charge on any atom is 0.111 e. The molecule has 1 aliphatic rings. The number of nitrogen functional groups attached to an aromatic ring is 1. The highest BCUT2D eigenvalue weighted by Crippen LogP contribution is 2.38. The number of rotatable bonds is 2. The molecule has 2 N–H and O–H groups in total. The molecule has 0 unspecified atom stereocenters. The van der Waals surface area contributed by atoms with E-state index in [2.05, 4.69) is 4.90 Å². The molecule has 1 saturated heterocycles. The second-order valence-corrected chi connectivity index (χ2v) is 7.88. The molecule has 0 atom stereocenters. The Morgan fingerprint density at radius 2 is 1.94 bits per heavy atom. The topological polar surface area (TPSA) is 55.6 Å². The van der Waals surface area contributed by atoms with E-state index in [9.17, 15) is 4.57 Å². The summed E-state index contributed by atoms with van der Waals surface area (Å²) in [6.45, 7) is 6.75. The van der Waals surface area contributed by atoms with E-state index in [-0.39, 0.29) is 0 Å². The average molecular weight is 254 g/mol. The van der Waals surface area contributed by atoms with Gasteiger partial charge in [-0.25, -0.2) is 0 Å². The van der Waals surface area contributed by atoms with Crippen molar-refractivity contribution in [1.29, 1.82) is 0 Å². The molecule has 1 aromatic carbocycles. The molecular formula is C12H19N2O2P. The Kier molecular flexibility index (Phi) is 3.45. The lowest BCUT2D eigenvalue weighted by molar-refractivity contribution is 0.122. The highest BCUT2D eigenvalue weighted by atomic mass is 31.2. The Hall–Kier alpha value is -0.990. The lowest BCUT2D eigenvalue weighted by Gasteiger charge is -2.29. The monoisotopic (exact) mass is 254 g/mol. The van der Waals surface area contributed by atoms with Crippen LogP contribution in [-0.2, 0) is 9.30 Å². The fourth-order valence-corrected chi connectivity index (χ4v) is 3.16. The lowest BCUT2D eigenvalue weighted by Crippen LogP contribution is -2.36. The zero-order chi connectivity index (χ0) is 12.5. The maximum atomic E-state index is 12.1. The van der Waals surface area contributed by atoms with Gasteiger partial charge in [-0.2, -0.15) is 0 Å². The van der Waals surface area contributed by atoms with Crippen LogP contribution in [0.25, 0.3) is 0 Å². The molecule has 0 saturated carbocycles. The van der Waals surface area contributed by atoms with Crippen molar-refractivity contribution in [2.75, 3.05) is 50.3 Å². The van der Waals surface area contributed by atoms with E-state index in [1.807, 2.05) is 18.2 Å². The van der Waals surface area contributed by atoms with Gasteiger partial charge in [0.2, 0.25) is 0 Å². The van der Waals surface area contributed by atoms with Gasteiger partial charge in [0.15, 0.2) is 0 Å². The van der Waals surface area contributed by atoms with E-state index in [1.54, 1.807) is 13.3 Å². The first-order valence-corrected chi connectivity index (χ1v) is 8.36. The van der Waals surface area contributed by atoms with Crippen molar-refractivity contribution in [2.45, 2.75) is 0 Å². The van der Waals surface area contributed by atoms with Gasteiger partial charge in [0.25, 0.3) is 0 Å². The van der Waals surface area contributed by atoms with Crippen LogP contribution in [0.5, 0.6) is 0 Å². The Labute approximate surface area is 102 Å².